The number of rotatable bonds is 9. The first-order valence-electron chi connectivity index (χ1n) is 11.8. The predicted octanol–water partition coefficient (Wildman–Crippen LogP) is 6.98. The number of nitrogens with zero attached hydrogens (tertiary/aromatic N) is 2. The van der Waals surface area contributed by atoms with Gasteiger partial charge in [0, 0.05) is 34.9 Å². The molecule has 0 aliphatic heterocycles. The van der Waals surface area contributed by atoms with Crippen LogP contribution in [0.1, 0.15) is 12.0 Å². The zero-order chi connectivity index (χ0) is 28.8. The van der Waals surface area contributed by atoms with Crippen LogP contribution < -0.4 is 14.8 Å². The van der Waals surface area contributed by atoms with Crippen LogP contribution in [0.4, 0.5) is 23.2 Å². The van der Waals surface area contributed by atoms with E-state index in [0.717, 1.165) is 17.3 Å². The molecule has 40 heavy (non-hydrogen) atoms. The van der Waals surface area contributed by atoms with Crippen LogP contribution in [-0.4, -0.2) is 30.9 Å². The topological polar surface area (TPSA) is 84.2 Å². The van der Waals surface area contributed by atoms with Crippen molar-refractivity contribution in [3.63, 3.8) is 0 Å². The number of pyridine rings is 1. The van der Waals surface area contributed by atoms with E-state index in [1.807, 2.05) is 35.6 Å². The minimum absolute atomic E-state index is 0.0292. The fraction of sp³-hybridized carbons (Fsp3) is 0.138. The number of methoxy groups -OCH3 is 2. The Balaban J connectivity index is 1.68. The molecule has 3 aromatic carbocycles. The van der Waals surface area contributed by atoms with Crippen molar-refractivity contribution in [3.8, 4) is 40.0 Å². The second-order valence-electron chi connectivity index (χ2n) is 8.24. The molecule has 0 atom stereocenters. The summed E-state index contributed by atoms with van der Waals surface area (Å²) in [4.78, 5) is 17.0. The molecule has 0 saturated carbocycles. The number of hydrogen-bond donors (Lipinski definition) is 1. The van der Waals surface area contributed by atoms with E-state index >= 15 is 0 Å². The number of hydrogen-bond acceptors (Lipinski definition) is 6. The summed E-state index contributed by atoms with van der Waals surface area (Å²) < 4.78 is 65.9. The summed E-state index contributed by atoms with van der Waals surface area (Å²) in [5.74, 6) is -6.67. The zero-order valence-corrected chi connectivity index (χ0v) is 22.0. The number of nitrogens with one attached hydrogen (secondary N) is 1. The Labute approximate surface area is 231 Å². The van der Waals surface area contributed by atoms with Gasteiger partial charge in [-0.3, -0.25) is 4.79 Å². The standard InChI is InChI=1S/C29H21F4N3O3S/c1-38-23-10-6-9-17(28(23)39-2)18-13-22(16-7-4-3-5-8-16)35-29(19(18)15-34)40-12-11-24(37)36-27-25(32)20(30)14-21(31)26(27)33/h3-10,13-14H,11-12H2,1-2H3,(H,36,37). The fourth-order valence-electron chi connectivity index (χ4n) is 3.93. The van der Waals surface area contributed by atoms with Gasteiger partial charge in [0.15, 0.2) is 34.8 Å². The number of ether oxygens (including phenoxy) is 2. The molecule has 6 nitrogen and oxygen atoms in total. The molecule has 0 bridgehead atoms. The van der Waals surface area contributed by atoms with Crippen molar-refractivity contribution < 1.29 is 31.8 Å². The zero-order valence-electron chi connectivity index (χ0n) is 21.2. The Morgan fingerprint density at radius 1 is 0.950 bits per heavy atom. The summed E-state index contributed by atoms with van der Waals surface area (Å²) in [6.45, 7) is 0. The van der Waals surface area contributed by atoms with Gasteiger partial charge >= 0.3 is 0 Å². The summed E-state index contributed by atoms with van der Waals surface area (Å²) >= 11 is 1.06. The van der Waals surface area contributed by atoms with E-state index in [1.54, 1.807) is 24.3 Å². The molecule has 11 heteroatoms. The first kappa shape index (κ1) is 28.4. The molecule has 0 fully saturated rings. The maximum Gasteiger partial charge on any atom is 0.225 e. The highest BCUT2D eigenvalue weighted by molar-refractivity contribution is 7.99. The third-order valence-electron chi connectivity index (χ3n) is 5.80. The molecule has 0 aliphatic rings. The van der Waals surface area contributed by atoms with E-state index in [1.165, 1.54) is 14.2 Å². The molecular weight excluding hydrogens is 546 g/mol. The van der Waals surface area contributed by atoms with Crippen LogP contribution >= 0.6 is 11.8 Å². The molecule has 0 aliphatic carbocycles. The lowest BCUT2D eigenvalue weighted by Gasteiger charge is -2.16. The van der Waals surface area contributed by atoms with Crippen molar-refractivity contribution in [2.24, 2.45) is 0 Å². The number of aromatic nitrogens is 1. The van der Waals surface area contributed by atoms with Gasteiger partial charge in [-0.15, -0.1) is 11.8 Å². The minimum atomic E-state index is -1.71. The number of carbonyl (C=O) groups is 1. The van der Waals surface area contributed by atoms with Crippen molar-refractivity contribution >= 4 is 23.4 Å². The van der Waals surface area contributed by atoms with Crippen molar-refractivity contribution in [1.82, 2.24) is 4.98 Å². The van der Waals surface area contributed by atoms with Crippen molar-refractivity contribution in [2.75, 3.05) is 25.3 Å². The first-order chi connectivity index (χ1) is 19.3. The Morgan fingerprint density at radius 2 is 1.65 bits per heavy atom. The van der Waals surface area contributed by atoms with E-state index in [0.29, 0.717) is 33.3 Å². The van der Waals surface area contributed by atoms with Gasteiger partial charge in [-0.25, -0.2) is 22.5 Å². The van der Waals surface area contributed by atoms with Crippen LogP contribution in [0.15, 0.2) is 65.7 Å². The van der Waals surface area contributed by atoms with Crippen LogP contribution in [0, 0.1) is 34.6 Å². The van der Waals surface area contributed by atoms with Gasteiger partial charge in [-0.2, -0.15) is 5.26 Å². The first-order valence-corrected chi connectivity index (χ1v) is 12.7. The van der Waals surface area contributed by atoms with Gasteiger partial charge < -0.3 is 14.8 Å². The summed E-state index contributed by atoms with van der Waals surface area (Å²) in [5.41, 5.74) is 1.41. The minimum Gasteiger partial charge on any atom is -0.493 e. The molecule has 4 rings (SSSR count). The highest BCUT2D eigenvalue weighted by Crippen LogP contribution is 2.42. The molecule has 1 N–H and O–H groups in total. The van der Waals surface area contributed by atoms with Gasteiger partial charge in [-0.1, -0.05) is 42.5 Å². The van der Waals surface area contributed by atoms with E-state index in [-0.39, 0.29) is 23.8 Å². The molecule has 1 amide bonds. The number of anilines is 1. The third kappa shape index (κ3) is 5.87. The Kier molecular flexibility index (Phi) is 8.91. The molecule has 0 unspecified atom stereocenters. The maximum atomic E-state index is 13.9. The van der Waals surface area contributed by atoms with Crippen LogP contribution in [0.25, 0.3) is 22.4 Å². The van der Waals surface area contributed by atoms with Gasteiger partial charge in [-0.05, 0) is 12.1 Å². The van der Waals surface area contributed by atoms with Gasteiger partial charge in [0.25, 0.3) is 0 Å². The van der Waals surface area contributed by atoms with Crippen LogP contribution in [0.5, 0.6) is 11.5 Å². The molecule has 0 saturated heterocycles. The maximum absolute atomic E-state index is 13.9. The Morgan fingerprint density at radius 3 is 2.27 bits per heavy atom. The van der Waals surface area contributed by atoms with Crippen LogP contribution in [-0.2, 0) is 4.79 Å². The average Bonchev–Trinajstić information content (AvgIpc) is 2.97. The summed E-state index contributed by atoms with van der Waals surface area (Å²) in [7, 11) is 2.98. The van der Waals surface area contributed by atoms with E-state index < -0.39 is 34.9 Å². The Bertz CT molecular complexity index is 1580. The van der Waals surface area contributed by atoms with Gasteiger partial charge in [0.1, 0.15) is 16.8 Å². The van der Waals surface area contributed by atoms with Crippen molar-refractivity contribution in [1.29, 1.82) is 5.26 Å². The van der Waals surface area contributed by atoms with E-state index in [4.69, 9.17) is 9.47 Å². The lowest BCUT2D eigenvalue weighted by atomic mass is 9.98. The number of amides is 1. The summed E-state index contributed by atoms with van der Waals surface area (Å²) in [6.07, 6.45) is -0.304. The quantitative estimate of drug-likeness (QED) is 0.133. The number of benzene rings is 3. The number of halogens is 4. The molecule has 4 aromatic rings. The third-order valence-corrected chi connectivity index (χ3v) is 6.78. The molecule has 0 spiro atoms. The highest BCUT2D eigenvalue weighted by atomic mass is 32.2. The molecule has 1 aromatic heterocycles. The Hall–Kier alpha value is -4.56. The molecule has 204 valence electrons. The van der Waals surface area contributed by atoms with Crippen molar-refractivity contribution in [3.05, 3.63) is 89.5 Å². The summed E-state index contributed by atoms with van der Waals surface area (Å²) in [6, 6.07) is 18.5. The molecular formula is C29H21F4N3O3S. The van der Waals surface area contributed by atoms with Crippen LogP contribution in [0.2, 0.25) is 0 Å². The second kappa shape index (κ2) is 12.5. The molecule has 1 heterocycles. The SMILES string of the molecule is COc1cccc(-c2cc(-c3ccccc3)nc(SCCC(=O)Nc3c(F)c(F)cc(F)c3F)c2C#N)c1OC. The van der Waals surface area contributed by atoms with Crippen molar-refractivity contribution in [2.45, 2.75) is 11.4 Å². The fourth-order valence-corrected chi connectivity index (χ4v) is 4.87. The normalized spacial score (nSPS) is 10.6. The monoisotopic (exact) mass is 567 g/mol. The average molecular weight is 568 g/mol. The number of thioether (sulfide) groups is 1. The lowest BCUT2D eigenvalue weighted by Crippen LogP contribution is -2.16. The smallest absolute Gasteiger partial charge is 0.225 e. The van der Waals surface area contributed by atoms with Gasteiger partial charge in [0.05, 0.1) is 25.5 Å². The van der Waals surface area contributed by atoms with E-state index in [9.17, 15) is 27.6 Å². The summed E-state index contributed by atoms with van der Waals surface area (Å²) in [5, 5.41) is 12.3. The number of nitriles is 1. The highest BCUT2D eigenvalue weighted by Gasteiger charge is 2.22. The largest absolute Gasteiger partial charge is 0.493 e. The number of carbonyl (C=O) groups excluding carboxylic acids is 1. The van der Waals surface area contributed by atoms with Crippen LogP contribution in [0.3, 0.4) is 0 Å². The number of para-hydroxylation sites is 1. The van der Waals surface area contributed by atoms with Gasteiger partial charge in [0.2, 0.25) is 5.91 Å². The second-order valence-corrected chi connectivity index (χ2v) is 9.33. The molecule has 0 radical (unpaired) electrons. The lowest BCUT2D eigenvalue weighted by molar-refractivity contribution is -0.115. The van der Waals surface area contributed by atoms with E-state index in [2.05, 4.69) is 11.1 Å². The predicted molar refractivity (Wildman–Crippen MR) is 143 cm³/mol.